The molecule has 1 aromatic heterocycles. The highest BCUT2D eigenvalue weighted by Gasteiger charge is 2.18. The van der Waals surface area contributed by atoms with Crippen LogP contribution in [0.15, 0.2) is 34.9 Å². The van der Waals surface area contributed by atoms with Gasteiger partial charge in [0.1, 0.15) is 0 Å². The number of nitrogens with one attached hydrogen (secondary N) is 1. The number of pyridine rings is 1. The molecule has 0 spiro atoms. The molecule has 0 saturated carbocycles. The molecular weight excluding hydrogens is 268 g/mol. The Morgan fingerprint density at radius 2 is 2.25 bits per heavy atom. The Morgan fingerprint density at radius 1 is 1.38 bits per heavy atom. The molecule has 3 rings (SSSR count). The maximum absolute atomic E-state index is 5.15. The maximum Gasteiger partial charge on any atom is 0.0934 e. The number of fused-ring (bicyclic) bond motifs is 1. The van der Waals surface area contributed by atoms with Gasteiger partial charge in [-0.25, -0.2) is 0 Å². The number of anilines is 1. The van der Waals surface area contributed by atoms with Crippen molar-refractivity contribution in [1.29, 1.82) is 0 Å². The molecule has 1 N–H and O–H groups in total. The van der Waals surface area contributed by atoms with Crippen LogP contribution in [0.25, 0.3) is 10.9 Å². The van der Waals surface area contributed by atoms with Crippen molar-refractivity contribution < 1.29 is 4.74 Å². The average molecular weight is 279 g/mol. The molecule has 3 nitrogen and oxygen atoms in total. The third kappa shape index (κ3) is 1.79. The number of rotatable bonds is 2. The SMILES string of the molecule is Brc1cnc2c(NC3COC3)cccc2c1. The number of aromatic nitrogens is 1. The highest BCUT2D eigenvalue weighted by molar-refractivity contribution is 9.10. The normalized spacial score (nSPS) is 16.1. The highest BCUT2D eigenvalue weighted by atomic mass is 79.9. The van der Waals surface area contributed by atoms with Crippen LogP contribution >= 0.6 is 15.9 Å². The van der Waals surface area contributed by atoms with Gasteiger partial charge in [0.2, 0.25) is 0 Å². The summed E-state index contributed by atoms with van der Waals surface area (Å²) in [6.45, 7) is 1.57. The van der Waals surface area contributed by atoms with Crippen molar-refractivity contribution in [2.24, 2.45) is 0 Å². The first-order valence-corrected chi connectivity index (χ1v) is 6.01. The van der Waals surface area contributed by atoms with Gasteiger partial charge in [0, 0.05) is 16.1 Å². The Morgan fingerprint density at radius 3 is 3.00 bits per heavy atom. The molecule has 2 heterocycles. The third-order valence-electron chi connectivity index (χ3n) is 2.68. The predicted molar refractivity (Wildman–Crippen MR) is 67.7 cm³/mol. The van der Waals surface area contributed by atoms with Crippen LogP contribution in [-0.2, 0) is 4.74 Å². The fourth-order valence-electron chi connectivity index (χ4n) is 1.79. The summed E-state index contributed by atoms with van der Waals surface area (Å²) in [5, 5.41) is 4.58. The fraction of sp³-hybridized carbons (Fsp3) is 0.250. The smallest absolute Gasteiger partial charge is 0.0934 e. The van der Waals surface area contributed by atoms with Crippen molar-refractivity contribution >= 4 is 32.5 Å². The number of benzene rings is 1. The number of hydrogen-bond donors (Lipinski definition) is 1. The molecule has 16 heavy (non-hydrogen) atoms. The van der Waals surface area contributed by atoms with Gasteiger partial charge < -0.3 is 10.1 Å². The van der Waals surface area contributed by atoms with Gasteiger partial charge in [0.25, 0.3) is 0 Å². The second kappa shape index (κ2) is 4.03. The van der Waals surface area contributed by atoms with E-state index in [1.807, 2.05) is 12.3 Å². The highest BCUT2D eigenvalue weighted by Crippen LogP contribution is 2.25. The zero-order chi connectivity index (χ0) is 11.0. The zero-order valence-electron chi connectivity index (χ0n) is 8.61. The third-order valence-corrected chi connectivity index (χ3v) is 3.11. The van der Waals surface area contributed by atoms with E-state index in [2.05, 4.69) is 44.4 Å². The number of halogens is 1. The minimum absolute atomic E-state index is 0.427. The van der Waals surface area contributed by atoms with Crippen molar-refractivity contribution in [3.05, 3.63) is 34.9 Å². The second-order valence-electron chi connectivity index (χ2n) is 3.91. The Labute approximate surface area is 102 Å². The van der Waals surface area contributed by atoms with Crippen molar-refractivity contribution in [3.63, 3.8) is 0 Å². The van der Waals surface area contributed by atoms with Gasteiger partial charge >= 0.3 is 0 Å². The molecule has 0 unspecified atom stereocenters. The molecule has 0 atom stereocenters. The molecule has 1 aliphatic heterocycles. The van der Waals surface area contributed by atoms with E-state index in [4.69, 9.17) is 4.74 Å². The van der Waals surface area contributed by atoms with E-state index in [0.717, 1.165) is 34.3 Å². The van der Waals surface area contributed by atoms with Gasteiger partial charge in [0.15, 0.2) is 0 Å². The lowest BCUT2D eigenvalue weighted by Crippen LogP contribution is -2.40. The first-order valence-electron chi connectivity index (χ1n) is 5.21. The van der Waals surface area contributed by atoms with Crippen LogP contribution in [0.5, 0.6) is 0 Å². The van der Waals surface area contributed by atoms with E-state index < -0.39 is 0 Å². The van der Waals surface area contributed by atoms with E-state index >= 15 is 0 Å². The molecule has 0 bridgehead atoms. The molecule has 82 valence electrons. The molecule has 2 aromatic rings. The molecular formula is C12H11BrN2O. The Balaban J connectivity index is 2.02. The average Bonchev–Trinajstić information content (AvgIpc) is 2.23. The van der Waals surface area contributed by atoms with Crippen molar-refractivity contribution in [2.45, 2.75) is 6.04 Å². The van der Waals surface area contributed by atoms with Crippen LogP contribution in [0, 0.1) is 0 Å². The van der Waals surface area contributed by atoms with E-state index in [1.54, 1.807) is 0 Å². The maximum atomic E-state index is 5.15. The summed E-state index contributed by atoms with van der Waals surface area (Å²) in [5.74, 6) is 0. The van der Waals surface area contributed by atoms with Crippen LogP contribution in [0.2, 0.25) is 0 Å². The van der Waals surface area contributed by atoms with Crippen LogP contribution in [-0.4, -0.2) is 24.2 Å². The van der Waals surface area contributed by atoms with Crippen molar-refractivity contribution in [3.8, 4) is 0 Å². The van der Waals surface area contributed by atoms with E-state index in [1.165, 1.54) is 0 Å². The summed E-state index contributed by atoms with van der Waals surface area (Å²) >= 11 is 3.43. The Hall–Kier alpha value is -1.13. The summed E-state index contributed by atoms with van der Waals surface area (Å²) in [5.41, 5.74) is 2.09. The summed E-state index contributed by atoms with van der Waals surface area (Å²) in [4.78, 5) is 4.44. The summed E-state index contributed by atoms with van der Waals surface area (Å²) in [7, 11) is 0. The Bertz CT molecular complexity index is 525. The van der Waals surface area contributed by atoms with Gasteiger partial charge in [-0.2, -0.15) is 0 Å². The monoisotopic (exact) mass is 278 g/mol. The van der Waals surface area contributed by atoms with E-state index in [9.17, 15) is 0 Å². The lowest BCUT2D eigenvalue weighted by molar-refractivity contribution is 0.0211. The molecule has 0 aliphatic carbocycles. The first kappa shape index (κ1) is 10.1. The second-order valence-corrected chi connectivity index (χ2v) is 4.83. The van der Waals surface area contributed by atoms with Crippen LogP contribution < -0.4 is 5.32 Å². The van der Waals surface area contributed by atoms with Gasteiger partial charge in [-0.1, -0.05) is 12.1 Å². The van der Waals surface area contributed by atoms with Gasteiger partial charge in [-0.05, 0) is 28.1 Å². The summed E-state index contributed by atoms with van der Waals surface area (Å²) in [6, 6.07) is 8.66. The number of ether oxygens (including phenoxy) is 1. The number of nitrogens with zero attached hydrogens (tertiary/aromatic N) is 1. The van der Waals surface area contributed by atoms with Crippen LogP contribution in [0.1, 0.15) is 0 Å². The van der Waals surface area contributed by atoms with Crippen molar-refractivity contribution in [2.75, 3.05) is 18.5 Å². The number of para-hydroxylation sites is 1. The lowest BCUT2D eigenvalue weighted by atomic mass is 10.1. The molecule has 1 aliphatic rings. The minimum atomic E-state index is 0.427. The summed E-state index contributed by atoms with van der Waals surface area (Å²) < 4.78 is 6.15. The predicted octanol–water partition coefficient (Wildman–Crippen LogP) is 2.81. The largest absolute Gasteiger partial charge is 0.377 e. The van der Waals surface area contributed by atoms with Gasteiger partial charge in [0.05, 0.1) is 30.5 Å². The lowest BCUT2D eigenvalue weighted by Gasteiger charge is -2.28. The van der Waals surface area contributed by atoms with Gasteiger partial charge in [-0.15, -0.1) is 0 Å². The fourth-order valence-corrected chi connectivity index (χ4v) is 2.14. The van der Waals surface area contributed by atoms with E-state index in [0.29, 0.717) is 6.04 Å². The number of hydrogen-bond acceptors (Lipinski definition) is 3. The van der Waals surface area contributed by atoms with E-state index in [-0.39, 0.29) is 0 Å². The van der Waals surface area contributed by atoms with Crippen molar-refractivity contribution in [1.82, 2.24) is 4.98 Å². The summed E-state index contributed by atoms with van der Waals surface area (Å²) in [6.07, 6.45) is 1.82. The topological polar surface area (TPSA) is 34.2 Å². The quantitative estimate of drug-likeness (QED) is 0.917. The Kier molecular flexibility index (Phi) is 2.53. The molecule has 4 heteroatoms. The standard InChI is InChI=1S/C12H11BrN2O/c13-9-4-8-2-1-3-11(12(8)14-5-9)15-10-6-16-7-10/h1-5,10,15H,6-7H2. The molecule has 1 aromatic carbocycles. The zero-order valence-corrected chi connectivity index (χ0v) is 10.2. The first-order chi connectivity index (χ1) is 7.83. The molecule has 0 radical (unpaired) electrons. The van der Waals surface area contributed by atoms with Gasteiger partial charge in [-0.3, -0.25) is 4.98 Å². The minimum Gasteiger partial charge on any atom is -0.377 e. The van der Waals surface area contributed by atoms with Crippen LogP contribution in [0.3, 0.4) is 0 Å². The molecule has 1 fully saturated rings. The molecule has 1 saturated heterocycles. The van der Waals surface area contributed by atoms with Crippen LogP contribution in [0.4, 0.5) is 5.69 Å². The molecule has 0 amide bonds.